The third-order valence-corrected chi connectivity index (χ3v) is 7.36. The van der Waals surface area contributed by atoms with Crippen molar-refractivity contribution in [3.8, 4) is 5.75 Å². The molecule has 28 heavy (non-hydrogen) atoms. The van der Waals surface area contributed by atoms with Crippen LogP contribution >= 0.6 is 15.9 Å². The number of ether oxygens (including phenoxy) is 1. The molecule has 1 aliphatic heterocycles. The summed E-state index contributed by atoms with van der Waals surface area (Å²) in [6.45, 7) is 1.64. The fourth-order valence-corrected chi connectivity index (χ4v) is 5.79. The predicted octanol–water partition coefficient (Wildman–Crippen LogP) is 4.04. The van der Waals surface area contributed by atoms with Crippen molar-refractivity contribution in [3.63, 3.8) is 0 Å². The first kappa shape index (κ1) is 18.2. The van der Waals surface area contributed by atoms with Crippen LogP contribution in [0.15, 0.2) is 46.9 Å². The van der Waals surface area contributed by atoms with Crippen molar-refractivity contribution in [1.82, 2.24) is 9.88 Å². The Labute approximate surface area is 173 Å². The maximum Gasteiger partial charge on any atom is 0.119 e. The van der Waals surface area contributed by atoms with Crippen molar-refractivity contribution in [1.29, 1.82) is 0 Å². The van der Waals surface area contributed by atoms with Crippen LogP contribution in [0.2, 0.25) is 0 Å². The molecule has 0 saturated carbocycles. The summed E-state index contributed by atoms with van der Waals surface area (Å²) in [7, 11) is 3.81. The maximum atomic E-state index is 12.1. The molecule has 1 aliphatic carbocycles. The Balaban J connectivity index is 1.72. The van der Waals surface area contributed by atoms with Crippen molar-refractivity contribution in [2.45, 2.75) is 30.3 Å². The summed E-state index contributed by atoms with van der Waals surface area (Å²) >= 11 is 3.60. The van der Waals surface area contributed by atoms with Crippen LogP contribution in [0.3, 0.4) is 0 Å². The number of β-amino-alcohol motifs (C(OH)–C–C–N with tert-alkyl or cyclic N) is 1. The van der Waals surface area contributed by atoms with E-state index in [4.69, 9.17) is 4.74 Å². The van der Waals surface area contributed by atoms with Gasteiger partial charge in [0.05, 0.1) is 12.7 Å². The van der Waals surface area contributed by atoms with Gasteiger partial charge in [0.2, 0.25) is 0 Å². The van der Waals surface area contributed by atoms with Crippen molar-refractivity contribution in [3.05, 3.63) is 63.8 Å². The minimum absolute atomic E-state index is 0.320. The molecule has 5 heteroatoms. The monoisotopic (exact) mass is 440 g/mol. The van der Waals surface area contributed by atoms with E-state index in [1.807, 2.05) is 12.1 Å². The number of nitrogens with one attached hydrogen (secondary N) is 1. The zero-order valence-electron chi connectivity index (χ0n) is 16.3. The summed E-state index contributed by atoms with van der Waals surface area (Å²) < 4.78 is 6.57. The third-order valence-electron chi connectivity index (χ3n) is 6.87. The molecule has 1 fully saturated rings. The molecule has 2 atom stereocenters. The summed E-state index contributed by atoms with van der Waals surface area (Å²) in [5, 5.41) is 13.3. The molecule has 0 spiro atoms. The van der Waals surface area contributed by atoms with Crippen LogP contribution in [0, 0.1) is 0 Å². The highest BCUT2D eigenvalue weighted by atomic mass is 79.9. The Morgan fingerprint density at radius 3 is 2.86 bits per heavy atom. The van der Waals surface area contributed by atoms with Crippen LogP contribution in [0.25, 0.3) is 10.9 Å². The number of nitrogens with zero attached hydrogens (tertiary/aromatic N) is 1. The van der Waals surface area contributed by atoms with Gasteiger partial charge in [0.1, 0.15) is 5.75 Å². The number of benzene rings is 2. The highest BCUT2D eigenvalue weighted by molar-refractivity contribution is 9.10. The molecule has 3 aromatic rings. The van der Waals surface area contributed by atoms with E-state index >= 15 is 0 Å². The van der Waals surface area contributed by atoms with Gasteiger partial charge in [0.15, 0.2) is 0 Å². The van der Waals surface area contributed by atoms with Crippen LogP contribution in [0.1, 0.15) is 23.2 Å². The van der Waals surface area contributed by atoms with E-state index in [1.54, 1.807) is 7.11 Å². The van der Waals surface area contributed by atoms with E-state index in [0.717, 1.165) is 35.1 Å². The van der Waals surface area contributed by atoms with E-state index < -0.39 is 5.60 Å². The molecule has 2 unspecified atom stereocenters. The zero-order chi connectivity index (χ0) is 19.5. The van der Waals surface area contributed by atoms with E-state index in [1.165, 1.54) is 22.2 Å². The normalized spacial score (nSPS) is 27.4. The van der Waals surface area contributed by atoms with Gasteiger partial charge in [-0.3, -0.25) is 0 Å². The summed E-state index contributed by atoms with van der Waals surface area (Å²) in [6, 6.07) is 14.6. The molecule has 4 nitrogen and oxygen atoms in total. The second-order valence-electron chi connectivity index (χ2n) is 8.46. The first-order valence-electron chi connectivity index (χ1n) is 9.79. The van der Waals surface area contributed by atoms with Gasteiger partial charge in [-0.05, 0) is 61.5 Å². The first-order chi connectivity index (χ1) is 13.4. The van der Waals surface area contributed by atoms with Crippen molar-refractivity contribution < 1.29 is 9.84 Å². The molecule has 0 bridgehead atoms. The number of aromatic amines is 1. The van der Waals surface area contributed by atoms with Crippen LogP contribution < -0.4 is 4.74 Å². The summed E-state index contributed by atoms with van der Waals surface area (Å²) in [5.74, 6) is 0.847. The topological polar surface area (TPSA) is 48.5 Å². The molecule has 2 N–H and O–H groups in total. The van der Waals surface area contributed by atoms with E-state index in [-0.39, 0.29) is 5.41 Å². The minimum Gasteiger partial charge on any atom is -0.497 e. The molecule has 0 radical (unpaired) electrons. The molecule has 1 aromatic heterocycles. The summed E-state index contributed by atoms with van der Waals surface area (Å²) in [6.07, 6.45) is 2.39. The Hall–Kier alpha value is -1.82. The Morgan fingerprint density at radius 2 is 2.04 bits per heavy atom. The number of halogens is 1. The number of likely N-dealkylation sites (N-methyl/N-ethyl adjacent to an activating group) is 1. The molecule has 1 saturated heterocycles. The Bertz CT molecular complexity index is 1060. The van der Waals surface area contributed by atoms with Crippen LogP contribution in [0.5, 0.6) is 5.75 Å². The largest absolute Gasteiger partial charge is 0.497 e. The number of aromatic nitrogens is 1. The number of hydrogen-bond donors (Lipinski definition) is 2. The van der Waals surface area contributed by atoms with Crippen LogP contribution in [-0.2, 0) is 18.3 Å². The van der Waals surface area contributed by atoms with E-state index in [9.17, 15) is 5.11 Å². The fourth-order valence-electron chi connectivity index (χ4n) is 5.43. The highest BCUT2D eigenvalue weighted by Crippen LogP contribution is 2.51. The standard InChI is InChI=1S/C23H25BrN2O2/c1-26-9-8-22(15-4-3-5-17(10-15)28-2)13-21-19(12-23(22,27)14-26)18-11-16(24)6-7-20(18)25-21/h3-7,10-11,25,27H,8-9,12-14H2,1-2H3. The van der Waals surface area contributed by atoms with Gasteiger partial charge in [0, 0.05) is 45.9 Å². The smallest absolute Gasteiger partial charge is 0.119 e. The van der Waals surface area contributed by atoms with Gasteiger partial charge in [-0.15, -0.1) is 0 Å². The van der Waals surface area contributed by atoms with Gasteiger partial charge in [-0.25, -0.2) is 0 Å². The molecule has 5 rings (SSSR count). The lowest BCUT2D eigenvalue weighted by Gasteiger charge is -2.56. The maximum absolute atomic E-state index is 12.1. The third kappa shape index (κ3) is 2.56. The fraction of sp³-hybridized carbons (Fsp3) is 0.391. The number of aliphatic hydroxyl groups is 1. The zero-order valence-corrected chi connectivity index (χ0v) is 17.8. The number of hydrogen-bond acceptors (Lipinski definition) is 3. The second-order valence-corrected chi connectivity index (χ2v) is 9.37. The van der Waals surface area contributed by atoms with Gasteiger partial charge >= 0.3 is 0 Å². The molecular weight excluding hydrogens is 416 g/mol. The molecular formula is C23H25BrN2O2. The van der Waals surface area contributed by atoms with Crippen molar-refractivity contribution in [2.24, 2.45) is 0 Å². The molecule has 2 aromatic carbocycles. The van der Waals surface area contributed by atoms with Gasteiger partial charge in [0.25, 0.3) is 0 Å². The lowest BCUT2D eigenvalue weighted by atomic mass is 9.56. The lowest BCUT2D eigenvalue weighted by Crippen LogP contribution is -2.65. The van der Waals surface area contributed by atoms with Crippen LogP contribution in [0.4, 0.5) is 0 Å². The van der Waals surface area contributed by atoms with Crippen molar-refractivity contribution in [2.75, 3.05) is 27.2 Å². The summed E-state index contributed by atoms with van der Waals surface area (Å²) in [5.41, 5.74) is 3.69. The molecule has 2 aliphatic rings. The van der Waals surface area contributed by atoms with Gasteiger partial charge in [-0.1, -0.05) is 28.1 Å². The minimum atomic E-state index is -0.823. The average molecular weight is 441 g/mol. The number of rotatable bonds is 2. The number of fused-ring (bicyclic) bond motifs is 4. The predicted molar refractivity (Wildman–Crippen MR) is 115 cm³/mol. The molecule has 2 heterocycles. The quantitative estimate of drug-likeness (QED) is 0.631. The lowest BCUT2D eigenvalue weighted by molar-refractivity contribution is -0.0972. The van der Waals surface area contributed by atoms with Crippen LogP contribution in [-0.4, -0.2) is 47.8 Å². The SMILES string of the molecule is COc1cccc(C23CCN(C)CC2(O)Cc2c([nH]c4ccc(Br)cc24)C3)c1. The van der Waals surface area contributed by atoms with Gasteiger partial charge < -0.3 is 19.7 Å². The number of H-pyrrole nitrogens is 1. The Morgan fingerprint density at radius 1 is 1.18 bits per heavy atom. The molecule has 146 valence electrons. The number of likely N-dealkylation sites (tertiary alicyclic amines) is 1. The number of methoxy groups -OCH3 is 1. The average Bonchev–Trinajstić information content (AvgIpc) is 3.01. The summed E-state index contributed by atoms with van der Waals surface area (Å²) in [4.78, 5) is 5.91. The molecule has 0 amide bonds. The Kier molecular flexibility index (Phi) is 4.13. The van der Waals surface area contributed by atoms with Gasteiger partial charge in [-0.2, -0.15) is 0 Å². The van der Waals surface area contributed by atoms with Crippen molar-refractivity contribution >= 4 is 26.8 Å². The second kappa shape index (κ2) is 6.34. The highest BCUT2D eigenvalue weighted by Gasteiger charge is 2.57. The number of piperidine rings is 1. The van der Waals surface area contributed by atoms with E-state index in [2.05, 4.69) is 63.2 Å². The van der Waals surface area contributed by atoms with E-state index in [0.29, 0.717) is 13.0 Å². The first-order valence-corrected chi connectivity index (χ1v) is 10.6.